The van der Waals surface area contributed by atoms with E-state index in [9.17, 15) is 0 Å². The van der Waals surface area contributed by atoms with Gasteiger partial charge in [0.2, 0.25) is 0 Å². The Morgan fingerprint density at radius 1 is 1.31 bits per heavy atom. The fourth-order valence-corrected chi connectivity index (χ4v) is 0.612. The Labute approximate surface area is 80.1 Å². The normalized spacial score (nSPS) is 13.5. The quantitative estimate of drug-likeness (QED) is 0.588. The van der Waals surface area contributed by atoms with Crippen molar-refractivity contribution in [1.29, 1.82) is 0 Å². The molecule has 0 atom stereocenters. The molecule has 0 spiro atoms. The van der Waals surface area contributed by atoms with Crippen molar-refractivity contribution >= 4 is 11.9 Å². The zero-order valence-corrected chi connectivity index (χ0v) is 8.54. The fraction of sp³-hybridized carbons (Fsp3) is 0.273. The first-order valence-corrected chi connectivity index (χ1v) is 4.13. The van der Waals surface area contributed by atoms with Crippen LogP contribution in [0.3, 0.4) is 0 Å². The third-order valence-electron chi connectivity index (χ3n) is 1.45. The van der Waals surface area contributed by atoms with Gasteiger partial charge < -0.3 is 0 Å². The first-order chi connectivity index (χ1) is 6.11. The Morgan fingerprint density at radius 3 is 2.31 bits per heavy atom. The SMILES string of the molecule is C=C\N=C/C(=N/C(C)=C\C)C(=C)C. The molecule has 0 radical (unpaired) electrons. The molecular formula is C11H16N2. The van der Waals surface area contributed by atoms with Crippen LogP contribution in [0.5, 0.6) is 0 Å². The van der Waals surface area contributed by atoms with Gasteiger partial charge in [-0.1, -0.05) is 19.2 Å². The average molecular weight is 176 g/mol. The minimum absolute atomic E-state index is 0.788. The van der Waals surface area contributed by atoms with Crippen molar-refractivity contribution < 1.29 is 0 Å². The van der Waals surface area contributed by atoms with Crippen LogP contribution in [0.1, 0.15) is 20.8 Å². The highest BCUT2D eigenvalue weighted by atomic mass is 14.8. The predicted molar refractivity (Wildman–Crippen MR) is 60.4 cm³/mol. The zero-order chi connectivity index (χ0) is 10.3. The van der Waals surface area contributed by atoms with Crippen molar-refractivity contribution in [2.45, 2.75) is 20.8 Å². The molecule has 0 N–H and O–H groups in total. The molecule has 0 amide bonds. The second-order valence-electron chi connectivity index (χ2n) is 2.67. The van der Waals surface area contributed by atoms with Gasteiger partial charge in [-0.25, -0.2) is 0 Å². The summed E-state index contributed by atoms with van der Waals surface area (Å²) in [6.45, 7) is 13.1. The Bertz CT molecular complexity index is 280. The Kier molecular flexibility index (Phi) is 5.44. The van der Waals surface area contributed by atoms with Crippen LogP contribution in [-0.2, 0) is 0 Å². The largest absolute Gasteiger partial charge is 0.263 e. The highest BCUT2D eigenvalue weighted by Gasteiger charge is 1.95. The fourth-order valence-electron chi connectivity index (χ4n) is 0.612. The van der Waals surface area contributed by atoms with Gasteiger partial charge in [0.25, 0.3) is 0 Å². The van der Waals surface area contributed by atoms with Crippen LogP contribution < -0.4 is 0 Å². The van der Waals surface area contributed by atoms with Crippen LogP contribution in [0.4, 0.5) is 0 Å². The second-order valence-corrected chi connectivity index (χ2v) is 2.67. The lowest BCUT2D eigenvalue weighted by molar-refractivity contribution is 1.28. The molecule has 70 valence electrons. The molecular weight excluding hydrogens is 160 g/mol. The topological polar surface area (TPSA) is 24.7 Å². The third kappa shape index (κ3) is 4.90. The highest BCUT2D eigenvalue weighted by molar-refractivity contribution is 6.38. The van der Waals surface area contributed by atoms with E-state index in [0.717, 1.165) is 17.0 Å². The molecule has 0 aliphatic carbocycles. The summed E-state index contributed by atoms with van der Waals surface area (Å²) in [5, 5.41) is 0. The minimum Gasteiger partial charge on any atom is -0.263 e. The van der Waals surface area contributed by atoms with Crippen molar-refractivity contribution in [2.75, 3.05) is 0 Å². The molecule has 0 bridgehead atoms. The van der Waals surface area contributed by atoms with Crippen LogP contribution in [0.25, 0.3) is 0 Å². The molecule has 0 fully saturated rings. The summed E-state index contributed by atoms with van der Waals surface area (Å²) in [4.78, 5) is 8.21. The van der Waals surface area contributed by atoms with Crippen molar-refractivity contribution in [3.8, 4) is 0 Å². The van der Waals surface area contributed by atoms with Crippen molar-refractivity contribution in [1.82, 2.24) is 0 Å². The van der Waals surface area contributed by atoms with Crippen LogP contribution in [0.15, 0.2) is 46.7 Å². The van der Waals surface area contributed by atoms with E-state index in [0.29, 0.717) is 0 Å². The van der Waals surface area contributed by atoms with Gasteiger partial charge in [0.05, 0.1) is 11.9 Å². The lowest BCUT2D eigenvalue weighted by Gasteiger charge is -1.98. The van der Waals surface area contributed by atoms with Gasteiger partial charge in [0, 0.05) is 11.9 Å². The molecule has 0 aliphatic heterocycles. The minimum atomic E-state index is 0.788. The summed E-state index contributed by atoms with van der Waals surface area (Å²) < 4.78 is 0. The highest BCUT2D eigenvalue weighted by Crippen LogP contribution is 1.99. The van der Waals surface area contributed by atoms with Gasteiger partial charge in [-0.05, 0) is 26.3 Å². The molecule has 0 unspecified atom stereocenters. The van der Waals surface area contributed by atoms with E-state index in [-0.39, 0.29) is 0 Å². The maximum absolute atomic E-state index is 4.31. The van der Waals surface area contributed by atoms with Gasteiger partial charge in [-0.3, -0.25) is 9.98 Å². The molecule has 2 heteroatoms. The maximum Gasteiger partial charge on any atom is 0.0838 e. The van der Waals surface area contributed by atoms with E-state index >= 15 is 0 Å². The number of nitrogens with zero attached hydrogens (tertiary/aromatic N) is 2. The Morgan fingerprint density at radius 2 is 1.92 bits per heavy atom. The van der Waals surface area contributed by atoms with Gasteiger partial charge in [0.1, 0.15) is 0 Å². The van der Waals surface area contributed by atoms with Gasteiger partial charge in [0.15, 0.2) is 0 Å². The lowest BCUT2D eigenvalue weighted by atomic mass is 10.2. The molecule has 0 aromatic heterocycles. The number of hydrogen-bond acceptors (Lipinski definition) is 2. The first-order valence-electron chi connectivity index (χ1n) is 4.13. The predicted octanol–water partition coefficient (Wildman–Crippen LogP) is 3.14. The zero-order valence-electron chi connectivity index (χ0n) is 8.54. The van der Waals surface area contributed by atoms with Crippen LogP contribution >= 0.6 is 0 Å². The number of hydrogen-bond donors (Lipinski definition) is 0. The third-order valence-corrected chi connectivity index (χ3v) is 1.45. The smallest absolute Gasteiger partial charge is 0.0838 e. The molecule has 0 aliphatic rings. The van der Waals surface area contributed by atoms with Gasteiger partial charge in [-0.2, -0.15) is 0 Å². The monoisotopic (exact) mass is 176 g/mol. The van der Waals surface area contributed by atoms with E-state index < -0.39 is 0 Å². The molecule has 0 saturated carbocycles. The molecule has 2 nitrogen and oxygen atoms in total. The molecule has 0 aromatic carbocycles. The summed E-state index contributed by atoms with van der Waals surface area (Å²) in [6.07, 6.45) is 5.07. The summed E-state index contributed by atoms with van der Waals surface area (Å²) >= 11 is 0. The summed E-state index contributed by atoms with van der Waals surface area (Å²) in [7, 11) is 0. The van der Waals surface area contributed by atoms with Crippen molar-refractivity contribution in [2.24, 2.45) is 9.98 Å². The Hall–Kier alpha value is -1.44. The number of aliphatic imine (C=N–C) groups is 2. The maximum atomic E-state index is 4.31. The summed E-state index contributed by atoms with van der Waals surface area (Å²) in [5.41, 5.74) is 2.64. The molecule has 0 rings (SSSR count). The van der Waals surface area contributed by atoms with Crippen molar-refractivity contribution in [3.63, 3.8) is 0 Å². The van der Waals surface area contributed by atoms with Crippen LogP contribution in [0.2, 0.25) is 0 Å². The standard InChI is InChI=1S/C11H16N2/c1-6-10(5)13-11(9(3)4)8-12-7-2/h6-8H,2-3H2,1,4-5H3/b10-6-,12-8-,13-11-. The summed E-state index contributed by atoms with van der Waals surface area (Å²) in [5.74, 6) is 0. The molecule has 0 aromatic rings. The first kappa shape index (κ1) is 11.6. The number of allylic oxidation sites excluding steroid dienone is 3. The number of rotatable bonds is 4. The van der Waals surface area contributed by atoms with E-state index in [1.54, 1.807) is 6.21 Å². The Balaban J connectivity index is 4.80. The molecule has 0 saturated heterocycles. The average Bonchev–Trinajstić information content (AvgIpc) is 2.11. The van der Waals surface area contributed by atoms with E-state index in [1.807, 2.05) is 26.8 Å². The second kappa shape index (κ2) is 6.12. The van der Waals surface area contributed by atoms with E-state index in [2.05, 4.69) is 23.1 Å². The van der Waals surface area contributed by atoms with Crippen LogP contribution in [0, 0.1) is 0 Å². The van der Waals surface area contributed by atoms with E-state index in [1.165, 1.54) is 6.20 Å². The lowest BCUT2D eigenvalue weighted by Crippen LogP contribution is -2.00. The molecule has 0 heterocycles. The molecule has 13 heavy (non-hydrogen) atoms. The van der Waals surface area contributed by atoms with Crippen LogP contribution in [-0.4, -0.2) is 11.9 Å². The van der Waals surface area contributed by atoms with Crippen molar-refractivity contribution in [3.05, 3.63) is 36.7 Å². The van der Waals surface area contributed by atoms with Gasteiger partial charge >= 0.3 is 0 Å². The summed E-state index contributed by atoms with van der Waals surface area (Å²) in [6, 6.07) is 0. The van der Waals surface area contributed by atoms with Gasteiger partial charge in [-0.15, -0.1) is 0 Å². The van der Waals surface area contributed by atoms with E-state index in [4.69, 9.17) is 0 Å².